The SMILES string of the molecule is CCOC(=O)C(C#N)c1cc(C(C#N)C(=O)OCC)c([N+](=O)[O-])cc1[N+](=O)[O-]. The number of carbonyl (C=O) groups excluding carboxylic acids is 2. The van der Waals surface area contributed by atoms with Crippen LogP contribution >= 0.6 is 0 Å². The number of carbonyl (C=O) groups is 2. The predicted octanol–water partition coefficient (Wildman–Crippen LogP) is 1.84. The van der Waals surface area contributed by atoms with Crippen molar-refractivity contribution in [1.82, 2.24) is 0 Å². The van der Waals surface area contributed by atoms with Crippen molar-refractivity contribution in [3.8, 4) is 12.1 Å². The van der Waals surface area contributed by atoms with E-state index in [0.717, 1.165) is 6.07 Å². The molecule has 1 aromatic rings. The van der Waals surface area contributed by atoms with Crippen molar-refractivity contribution < 1.29 is 28.9 Å². The Morgan fingerprint density at radius 3 is 1.54 bits per heavy atom. The molecule has 2 unspecified atom stereocenters. The molecule has 2 atom stereocenters. The van der Waals surface area contributed by atoms with Crippen LogP contribution in [0, 0.1) is 42.9 Å². The fourth-order valence-electron chi connectivity index (χ4n) is 2.34. The van der Waals surface area contributed by atoms with Gasteiger partial charge in [-0.3, -0.25) is 29.8 Å². The van der Waals surface area contributed by atoms with Crippen LogP contribution in [0.15, 0.2) is 12.1 Å². The molecule has 0 spiro atoms. The Bertz CT molecular complexity index is 830. The van der Waals surface area contributed by atoms with Crippen LogP contribution in [0.4, 0.5) is 11.4 Å². The summed E-state index contributed by atoms with van der Waals surface area (Å²) < 4.78 is 9.40. The Balaban J connectivity index is 3.82. The summed E-state index contributed by atoms with van der Waals surface area (Å²) in [6, 6.07) is 4.33. The zero-order valence-electron chi connectivity index (χ0n) is 14.8. The summed E-state index contributed by atoms with van der Waals surface area (Å²) in [6.07, 6.45) is 0. The normalized spacial score (nSPS) is 12.0. The minimum absolute atomic E-state index is 0.117. The molecule has 0 saturated carbocycles. The second-order valence-corrected chi connectivity index (χ2v) is 5.11. The maximum Gasteiger partial charge on any atom is 0.328 e. The van der Waals surface area contributed by atoms with Crippen LogP contribution in [0.25, 0.3) is 0 Å². The van der Waals surface area contributed by atoms with E-state index < -0.39 is 56.1 Å². The molecule has 0 aromatic heterocycles. The van der Waals surface area contributed by atoms with E-state index in [-0.39, 0.29) is 13.2 Å². The van der Waals surface area contributed by atoms with E-state index in [4.69, 9.17) is 9.47 Å². The van der Waals surface area contributed by atoms with Crippen molar-refractivity contribution in [2.45, 2.75) is 25.7 Å². The van der Waals surface area contributed by atoms with E-state index in [0.29, 0.717) is 6.07 Å². The van der Waals surface area contributed by atoms with Crippen LogP contribution in [-0.4, -0.2) is 35.0 Å². The average Bonchev–Trinajstić information content (AvgIpc) is 2.63. The van der Waals surface area contributed by atoms with Gasteiger partial charge in [-0.05, 0) is 19.9 Å². The van der Waals surface area contributed by atoms with Crippen LogP contribution in [-0.2, 0) is 19.1 Å². The molecule has 0 bridgehead atoms. The van der Waals surface area contributed by atoms with Gasteiger partial charge < -0.3 is 9.47 Å². The Morgan fingerprint density at radius 2 is 1.29 bits per heavy atom. The summed E-state index contributed by atoms with van der Waals surface area (Å²) in [5, 5.41) is 41.3. The fraction of sp³-hybridized carbons (Fsp3) is 0.375. The summed E-state index contributed by atoms with van der Waals surface area (Å²) in [5.41, 5.74) is -2.85. The molecule has 0 amide bonds. The lowest BCUT2D eigenvalue weighted by Crippen LogP contribution is -2.19. The maximum absolute atomic E-state index is 12.0. The fourth-order valence-corrected chi connectivity index (χ4v) is 2.34. The molecule has 0 aliphatic carbocycles. The van der Waals surface area contributed by atoms with E-state index in [9.17, 15) is 40.3 Å². The molecule has 0 fully saturated rings. The largest absolute Gasteiger partial charge is 0.465 e. The van der Waals surface area contributed by atoms with Gasteiger partial charge in [-0.2, -0.15) is 10.5 Å². The molecular weight excluding hydrogens is 376 g/mol. The Hall–Kier alpha value is -4.06. The molecule has 1 aromatic carbocycles. The lowest BCUT2D eigenvalue weighted by molar-refractivity contribution is -0.395. The average molecular weight is 390 g/mol. The van der Waals surface area contributed by atoms with Gasteiger partial charge in [0.2, 0.25) is 0 Å². The van der Waals surface area contributed by atoms with Gasteiger partial charge in [0.05, 0.1) is 52.4 Å². The lowest BCUT2D eigenvalue weighted by Gasteiger charge is -2.13. The Kier molecular flexibility index (Phi) is 7.53. The van der Waals surface area contributed by atoms with Gasteiger partial charge in [-0.1, -0.05) is 0 Å². The van der Waals surface area contributed by atoms with Crippen LogP contribution in [0.2, 0.25) is 0 Å². The Labute approximate surface area is 158 Å². The number of esters is 2. The molecule has 0 heterocycles. The number of benzene rings is 1. The molecular formula is C16H14N4O8. The van der Waals surface area contributed by atoms with Crippen molar-refractivity contribution in [2.75, 3.05) is 13.2 Å². The zero-order valence-corrected chi connectivity index (χ0v) is 14.8. The number of hydrogen-bond acceptors (Lipinski definition) is 10. The number of nitrogens with zero attached hydrogens (tertiary/aromatic N) is 4. The van der Waals surface area contributed by atoms with E-state index in [1.165, 1.54) is 26.0 Å². The van der Waals surface area contributed by atoms with Gasteiger partial charge in [-0.15, -0.1) is 0 Å². The number of rotatable bonds is 8. The molecule has 0 radical (unpaired) electrons. The van der Waals surface area contributed by atoms with E-state index in [1.807, 2.05) is 0 Å². The standard InChI is InChI=1S/C16H14N4O8/c1-3-27-15(21)11(7-17)9-5-10(12(8-18)16(22)28-4-2)14(20(25)26)6-13(9)19(23)24/h5-6,11-12H,3-4H2,1-2H3. The zero-order chi connectivity index (χ0) is 21.4. The van der Waals surface area contributed by atoms with Gasteiger partial charge in [0.1, 0.15) is 0 Å². The molecule has 0 N–H and O–H groups in total. The Morgan fingerprint density at radius 1 is 0.929 bits per heavy atom. The third-order valence-corrected chi connectivity index (χ3v) is 3.49. The number of nitro groups is 2. The minimum atomic E-state index is -1.79. The monoisotopic (exact) mass is 390 g/mol. The van der Waals surface area contributed by atoms with Crippen LogP contribution in [0.5, 0.6) is 0 Å². The van der Waals surface area contributed by atoms with E-state index in [2.05, 4.69) is 0 Å². The molecule has 12 nitrogen and oxygen atoms in total. The van der Waals surface area contributed by atoms with Gasteiger partial charge in [-0.25, -0.2) is 0 Å². The quantitative estimate of drug-likeness (QED) is 0.360. The first-order valence-corrected chi connectivity index (χ1v) is 7.82. The number of ether oxygens (including phenoxy) is 2. The lowest BCUT2D eigenvalue weighted by atomic mass is 9.90. The van der Waals surface area contributed by atoms with Crippen LogP contribution in [0.3, 0.4) is 0 Å². The van der Waals surface area contributed by atoms with Crippen LogP contribution < -0.4 is 0 Å². The third kappa shape index (κ3) is 4.56. The maximum atomic E-state index is 12.0. The van der Waals surface area contributed by atoms with E-state index >= 15 is 0 Å². The van der Waals surface area contributed by atoms with Gasteiger partial charge in [0.25, 0.3) is 11.4 Å². The van der Waals surface area contributed by atoms with Gasteiger partial charge in [0.15, 0.2) is 11.8 Å². The topological polar surface area (TPSA) is 186 Å². The highest BCUT2D eigenvalue weighted by Gasteiger charge is 2.37. The van der Waals surface area contributed by atoms with Crippen molar-refractivity contribution >= 4 is 23.3 Å². The molecule has 28 heavy (non-hydrogen) atoms. The smallest absolute Gasteiger partial charge is 0.328 e. The van der Waals surface area contributed by atoms with Crippen molar-refractivity contribution in [2.24, 2.45) is 0 Å². The molecule has 0 saturated heterocycles. The summed E-state index contributed by atoms with van der Waals surface area (Å²) >= 11 is 0. The van der Waals surface area contributed by atoms with Gasteiger partial charge in [0, 0.05) is 0 Å². The molecule has 0 aliphatic rings. The first kappa shape index (κ1) is 22.0. The molecule has 146 valence electrons. The summed E-state index contributed by atoms with van der Waals surface area (Å²) in [4.78, 5) is 44.7. The van der Waals surface area contributed by atoms with E-state index in [1.54, 1.807) is 0 Å². The number of hydrogen-bond donors (Lipinski definition) is 0. The molecule has 0 aliphatic heterocycles. The first-order chi connectivity index (χ1) is 13.2. The number of nitriles is 2. The third-order valence-electron chi connectivity index (χ3n) is 3.49. The highest BCUT2D eigenvalue weighted by Crippen LogP contribution is 2.37. The second-order valence-electron chi connectivity index (χ2n) is 5.11. The van der Waals surface area contributed by atoms with Crippen molar-refractivity contribution in [3.05, 3.63) is 43.5 Å². The molecule has 12 heteroatoms. The van der Waals surface area contributed by atoms with Gasteiger partial charge >= 0.3 is 11.9 Å². The van der Waals surface area contributed by atoms with Crippen molar-refractivity contribution in [1.29, 1.82) is 10.5 Å². The first-order valence-electron chi connectivity index (χ1n) is 7.82. The second kappa shape index (κ2) is 9.59. The van der Waals surface area contributed by atoms with Crippen molar-refractivity contribution in [3.63, 3.8) is 0 Å². The summed E-state index contributed by atoms with van der Waals surface area (Å²) in [5.74, 6) is -5.81. The predicted molar refractivity (Wildman–Crippen MR) is 89.7 cm³/mol. The molecule has 1 rings (SSSR count). The number of nitro benzene ring substituents is 2. The highest BCUT2D eigenvalue weighted by atomic mass is 16.6. The highest BCUT2D eigenvalue weighted by molar-refractivity contribution is 5.86. The summed E-state index contributed by atoms with van der Waals surface area (Å²) in [7, 11) is 0. The summed E-state index contributed by atoms with van der Waals surface area (Å²) in [6.45, 7) is 2.67. The minimum Gasteiger partial charge on any atom is -0.465 e. The van der Waals surface area contributed by atoms with Crippen LogP contribution in [0.1, 0.15) is 36.8 Å².